The summed E-state index contributed by atoms with van der Waals surface area (Å²) >= 11 is 0. The van der Waals surface area contributed by atoms with E-state index in [2.05, 4.69) is 162 Å². The van der Waals surface area contributed by atoms with E-state index in [-0.39, 0.29) is 0 Å². The fourth-order valence-corrected chi connectivity index (χ4v) is 7.83. The quantitative estimate of drug-likeness (QED) is 0.163. The Morgan fingerprint density at radius 1 is 0.315 bits per heavy atom. The molecule has 4 nitrogen and oxygen atoms in total. The van der Waals surface area contributed by atoms with Crippen molar-refractivity contribution in [3.05, 3.63) is 195 Å². The van der Waals surface area contributed by atoms with Crippen LogP contribution < -0.4 is 0 Å². The number of hydrogen-bond donors (Lipinski definition) is 0. The molecule has 10 rings (SSSR count). The highest BCUT2D eigenvalue weighted by Crippen LogP contribution is 2.44. The first-order valence-corrected chi connectivity index (χ1v) is 18.1. The highest BCUT2D eigenvalue weighted by atomic mass is 14.9. The van der Waals surface area contributed by atoms with E-state index in [1.54, 1.807) is 0 Å². The molecule has 0 aliphatic heterocycles. The van der Waals surface area contributed by atoms with Gasteiger partial charge in [-0.25, -0.2) is 9.97 Å². The summed E-state index contributed by atoms with van der Waals surface area (Å²) in [7, 11) is 0. The summed E-state index contributed by atoms with van der Waals surface area (Å²) in [5.41, 5.74) is 11.5. The fourth-order valence-electron chi connectivity index (χ4n) is 7.83. The summed E-state index contributed by atoms with van der Waals surface area (Å²) in [6.45, 7) is 0. The molecule has 10 aromatic rings. The van der Waals surface area contributed by atoms with E-state index < -0.39 is 0 Å². The van der Waals surface area contributed by atoms with E-state index >= 15 is 0 Å². The van der Waals surface area contributed by atoms with Crippen molar-refractivity contribution in [1.82, 2.24) is 19.9 Å². The van der Waals surface area contributed by atoms with Crippen molar-refractivity contribution < 1.29 is 0 Å². The van der Waals surface area contributed by atoms with Gasteiger partial charge in [0, 0.05) is 46.9 Å². The normalized spacial score (nSPS) is 11.3. The van der Waals surface area contributed by atoms with Crippen LogP contribution in [0.25, 0.3) is 99.6 Å². The van der Waals surface area contributed by atoms with Crippen molar-refractivity contribution in [2.45, 2.75) is 0 Å². The van der Waals surface area contributed by atoms with Crippen LogP contribution in [-0.4, -0.2) is 19.9 Å². The van der Waals surface area contributed by atoms with Gasteiger partial charge in [0.1, 0.15) is 0 Å². The minimum atomic E-state index is 0.649. The third kappa shape index (κ3) is 5.49. The summed E-state index contributed by atoms with van der Waals surface area (Å²) in [6, 6.07) is 59.8. The van der Waals surface area contributed by atoms with Gasteiger partial charge >= 0.3 is 0 Å². The molecule has 0 unspecified atom stereocenters. The van der Waals surface area contributed by atoms with Gasteiger partial charge in [-0.15, -0.1) is 0 Å². The summed E-state index contributed by atoms with van der Waals surface area (Å²) in [4.78, 5) is 19.5. The first-order valence-electron chi connectivity index (χ1n) is 18.1. The van der Waals surface area contributed by atoms with Gasteiger partial charge in [-0.2, -0.15) is 0 Å². The topological polar surface area (TPSA) is 51.6 Å². The van der Waals surface area contributed by atoms with E-state index in [4.69, 9.17) is 9.97 Å². The molecule has 4 heteroatoms. The van der Waals surface area contributed by atoms with Gasteiger partial charge in [0.2, 0.25) is 0 Å². The molecule has 0 bridgehead atoms. The molecule has 0 atom stereocenters. The number of fused-ring (bicyclic) bond motifs is 3. The lowest BCUT2D eigenvalue weighted by molar-refractivity contribution is 1.18. The molecule has 3 heterocycles. The van der Waals surface area contributed by atoms with Gasteiger partial charge in [-0.1, -0.05) is 146 Å². The molecule has 0 saturated carbocycles. The molecule has 0 aliphatic rings. The largest absolute Gasteiger partial charge is 0.265 e. The maximum atomic E-state index is 5.33. The predicted molar refractivity (Wildman–Crippen MR) is 223 cm³/mol. The number of rotatable bonds is 6. The zero-order chi connectivity index (χ0) is 35.8. The zero-order valence-electron chi connectivity index (χ0n) is 29.3. The lowest BCUT2D eigenvalue weighted by Crippen LogP contribution is -1.98. The Morgan fingerprint density at radius 3 is 1.56 bits per heavy atom. The summed E-state index contributed by atoms with van der Waals surface area (Å²) < 4.78 is 0. The van der Waals surface area contributed by atoms with Crippen molar-refractivity contribution in [1.29, 1.82) is 0 Å². The monoisotopic (exact) mass is 688 g/mol. The molecule has 0 amide bonds. The molecule has 0 aliphatic carbocycles. The summed E-state index contributed by atoms with van der Waals surface area (Å²) in [5, 5.41) is 7.01. The molecule has 252 valence electrons. The van der Waals surface area contributed by atoms with Gasteiger partial charge in [0.05, 0.1) is 11.4 Å². The number of hydrogen-bond acceptors (Lipinski definition) is 4. The van der Waals surface area contributed by atoms with Gasteiger partial charge in [-0.3, -0.25) is 9.97 Å². The molecular weight excluding hydrogens is 657 g/mol. The molecule has 54 heavy (non-hydrogen) atoms. The fraction of sp³-hybridized carbons (Fsp3) is 0. The van der Waals surface area contributed by atoms with E-state index in [0.717, 1.165) is 55.5 Å². The number of pyridine rings is 2. The van der Waals surface area contributed by atoms with Crippen molar-refractivity contribution in [2.24, 2.45) is 0 Å². The van der Waals surface area contributed by atoms with Crippen LogP contribution in [0, 0.1) is 0 Å². The Kier molecular flexibility index (Phi) is 7.77. The highest BCUT2D eigenvalue weighted by molar-refractivity contribution is 6.21. The maximum Gasteiger partial charge on any atom is 0.160 e. The van der Waals surface area contributed by atoms with Gasteiger partial charge in [-0.05, 0) is 84.6 Å². The third-order valence-corrected chi connectivity index (χ3v) is 10.3. The highest BCUT2D eigenvalue weighted by Gasteiger charge is 2.19. The van der Waals surface area contributed by atoms with Crippen LogP contribution in [0.5, 0.6) is 0 Å². The molecule has 7 aromatic carbocycles. The summed E-state index contributed by atoms with van der Waals surface area (Å²) in [6.07, 6.45) is 7.48. The lowest BCUT2D eigenvalue weighted by atomic mass is 9.85. The Labute approximate surface area is 313 Å². The van der Waals surface area contributed by atoms with E-state index in [9.17, 15) is 0 Å². The SMILES string of the molecule is c1ccc(-c2c3ccccc3c(-c3cccc(-c4nc(-c5ccccc5-c5ccncc5)cc(-c5cncc6ccccc56)n4)c3)c3ccccc23)cc1. The van der Waals surface area contributed by atoms with Crippen LogP contribution in [0.1, 0.15) is 0 Å². The lowest BCUT2D eigenvalue weighted by Gasteiger charge is -2.18. The standard InChI is InChI=1S/C50H32N4/c1-2-13-34(14-3-1)48-41-21-8-10-23-43(41)49(44-24-11-9-22-42(44)48)35-16-12-17-36(29-35)50-53-46(40-20-7-6-18-38(40)33-25-27-51-28-26-33)30-47(54-50)45-32-52-31-37-15-4-5-19-39(37)45/h1-32H. The average molecular weight is 689 g/mol. The first kappa shape index (κ1) is 31.4. The van der Waals surface area contributed by atoms with Crippen molar-refractivity contribution in [2.75, 3.05) is 0 Å². The van der Waals surface area contributed by atoms with E-state index in [1.165, 1.54) is 38.2 Å². The van der Waals surface area contributed by atoms with Gasteiger partial charge < -0.3 is 0 Å². The molecular formula is C50H32N4. The third-order valence-electron chi connectivity index (χ3n) is 10.3. The summed E-state index contributed by atoms with van der Waals surface area (Å²) in [5.74, 6) is 0.649. The molecule has 0 saturated heterocycles. The Morgan fingerprint density at radius 2 is 0.852 bits per heavy atom. The van der Waals surface area contributed by atoms with Crippen molar-refractivity contribution in [3.8, 4) is 67.3 Å². The van der Waals surface area contributed by atoms with Crippen LogP contribution >= 0.6 is 0 Å². The number of benzene rings is 7. The number of nitrogens with zero attached hydrogens (tertiary/aromatic N) is 4. The number of aromatic nitrogens is 4. The maximum absolute atomic E-state index is 5.33. The molecule has 3 aromatic heterocycles. The minimum Gasteiger partial charge on any atom is -0.265 e. The van der Waals surface area contributed by atoms with Crippen LogP contribution in [-0.2, 0) is 0 Å². The van der Waals surface area contributed by atoms with Gasteiger partial charge in [0.15, 0.2) is 5.82 Å². The Balaban J connectivity index is 1.21. The van der Waals surface area contributed by atoms with E-state index in [0.29, 0.717) is 5.82 Å². The van der Waals surface area contributed by atoms with Crippen LogP contribution in [0.4, 0.5) is 0 Å². The van der Waals surface area contributed by atoms with Gasteiger partial charge in [0.25, 0.3) is 0 Å². The molecule has 0 spiro atoms. The van der Waals surface area contributed by atoms with Crippen molar-refractivity contribution in [3.63, 3.8) is 0 Å². The van der Waals surface area contributed by atoms with Crippen LogP contribution in [0.15, 0.2) is 195 Å². The predicted octanol–water partition coefficient (Wildman–Crippen LogP) is 12.7. The second-order valence-corrected chi connectivity index (χ2v) is 13.4. The van der Waals surface area contributed by atoms with E-state index in [1.807, 2.05) is 43.0 Å². The first-order chi connectivity index (χ1) is 26.8. The van der Waals surface area contributed by atoms with Crippen molar-refractivity contribution >= 4 is 32.3 Å². The minimum absolute atomic E-state index is 0.649. The second-order valence-electron chi connectivity index (χ2n) is 13.4. The average Bonchev–Trinajstić information content (AvgIpc) is 3.25. The Hall–Kier alpha value is -7.30. The van der Waals surface area contributed by atoms with Crippen LogP contribution in [0.2, 0.25) is 0 Å². The second kappa shape index (κ2) is 13.4. The zero-order valence-corrected chi connectivity index (χ0v) is 29.3. The smallest absolute Gasteiger partial charge is 0.160 e. The molecule has 0 N–H and O–H groups in total. The molecule has 0 radical (unpaired) electrons. The Bertz CT molecular complexity index is 2930. The van der Waals surface area contributed by atoms with Crippen LogP contribution in [0.3, 0.4) is 0 Å². The molecule has 0 fully saturated rings.